The summed E-state index contributed by atoms with van der Waals surface area (Å²) in [5.74, 6) is -0.913. The number of amides is 1. The van der Waals surface area contributed by atoms with Crippen molar-refractivity contribution < 1.29 is 32.5 Å². The Hall–Kier alpha value is -3.69. The van der Waals surface area contributed by atoms with E-state index in [1.165, 1.54) is 18.3 Å². The molecule has 1 aromatic heterocycles. The van der Waals surface area contributed by atoms with Gasteiger partial charge in [-0.25, -0.2) is 0 Å². The van der Waals surface area contributed by atoms with Gasteiger partial charge in [0.25, 0.3) is 5.91 Å². The number of alkyl halides is 3. The molecule has 2 atom stereocenters. The minimum atomic E-state index is -4.43. The zero-order valence-corrected chi connectivity index (χ0v) is 18.5. The van der Waals surface area contributed by atoms with Gasteiger partial charge in [-0.3, -0.25) is 9.78 Å². The van der Waals surface area contributed by atoms with Gasteiger partial charge in [0.05, 0.1) is 30.7 Å². The van der Waals surface area contributed by atoms with Crippen LogP contribution >= 0.6 is 0 Å². The Bertz CT molecular complexity index is 1160. The zero-order chi connectivity index (χ0) is 24.8. The molecule has 0 fully saturated rings. The Kier molecular flexibility index (Phi) is 7.48. The van der Waals surface area contributed by atoms with Crippen LogP contribution in [0.4, 0.5) is 18.9 Å². The van der Waals surface area contributed by atoms with Gasteiger partial charge in [0, 0.05) is 18.5 Å². The average molecular weight is 484 g/mol. The number of nitrogens with zero attached hydrogens (tertiary/aromatic N) is 1. The third-order valence-corrected chi connectivity index (χ3v) is 5.51. The number of benzene rings is 2. The summed E-state index contributed by atoms with van der Waals surface area (Å²) in [6.45, 7) is 0.121. The minimum Gasteiger partial charge on any atom is -0.459 e. The molecule has 182 valence electrons. The lowest BCUT2D eigenvalue weighted by Crippen LogP contribution is -2.29. The first kappa shape index (κ1) is 24.4. The number of pyridine rings is 1. The third kappa shape index (κ3) is 6.46. The van der Waals surface area contributed by atoms with Crippen molar-refractivity contribution in [2.75, 3.05) is 5.32 Å². The van der Waals surface area contributed by atoms with E-state index in [-0.39, 0.29) is 19.0 Å². The number of aromatic nitrogens is 1. The van der Waals surface area contributed by atoms with E-state index in [1.54, 1.807) is 36.5 Å². The highest BCUT2D eigenvalue weighted by molar-refractivity contribution is 6.02. The van der Waals surface area contributed by atoms with E-state index < -0.39 is 29.9 Å². The summed E-state index contributed by atoms with van der Waals surface area (Å²) in [7, 11) is 0. The predicted octanol–water partition coefficient (Wildman–Crippen LogP) is 5.16. The maximum atomic E-state index is 13.0. The molecule has 2 aromatic carbocycles. The van der Waals surface area contributed by atoms with Gasteiger partial charge in [0.1, 0.15) is 0 Å². The molecule has 0 unspecified atom stereocenters. The fourth-order valence-corrected chi connectivity index (χ4v) is 3.63. The van der Waals surface area contributed by atoms with Crippen LogP contribution in [0.25, 0.3) is 0 Å². The summed E-state index contributed by atoms with van der Waals surface area (Å²) < 4.78 is 50.7. The van der Waals surface area contributed by atoms with E-state index in [2.05, 4.69) is 10.3 Å². The smallest absolute Gasteiger partial charge is 0.416 e. The van der Waals surface area contributed by atoms with E-state index in [4.69, 9.17) is 9.47 Å². The summed E-state index contributed by atoms with van der Waals surface area (Å²) >= 11 is 0. The van der Waals surface area contributed by atoms with Crippen LogP contribution in [0.1, 0.15) is 34.6 Å². The van der Waals surface area contributed by atoms with Gasteiger partial charge < -0.3 is 19.9 Å². The van der Waals surface area contributed by atoms with Crippen LogP contribution in [-0.4, -0.2) is 22.3 Å². The van der Waals surface area contributed by atoms with Crippen molar-refractivity contribution in [3.05, 3.63) is 107 Å². The van der Waals surface area contributed by atoms with Crippen LogP contribution in [0.15, 0.2) is 84.9 Å². The van der Waals surface area contributed by atoms with Crippen molar-refractivity contribution in [3.63, 3.8) is 0 Å². The molecule has 0 saturated heterocycles. The van der Waals surface area contributed by atoms with E-state index in [0.29, 0.717) is 17.7 Å². The second kappa shape index (κ2) is 10.7. The molecule has 1 amide bonds. The summed E-state index contributed by atoms with van der Waals surface area (Å²) in [4.78, 5) is 16.8. The first-order valence-corrected chi connectivity index (χ1v) is 10.9. The van der Waals surface area contributed by atoms with Gasteiger partial charge in [0.15, 0.2) is 5.76 Å². The zero-order valence-electron chi connectivity index (χ0n) is 18.5. The molecule has 0 bridgehead atoms. The molecule has 0 radical (unpaired) electrons. The number of ether oxygens (including phenoxy) is 2. The monoisotopic (exact) mass is 484 g/mol. The second-order valence-electron chi connectivity index (χ2n) is 8.02. The Morgan fingerprint density at radius 3 is 2.43 bits per heavy atom. The van der Waals surface area contributed by atoms with Gasteiger partial charge in [0.2, 0.25) is 6.29 Å². The number of aliphatic hydroxyl groups is 1. The largest absolute Gasteiger partial charge is 0.459 e. The number of hydrogen-bond acceptors (Lipinski definition) is 5. The summed E-state index contributed by atoms with van der Waals surface area (Å²) in [5.41, 5.74) is 1.94. The van der Waals surface area contributed by atoms with Crippen molar-refractivity contribution in [1.29, 1.82) is 0 Å². The highest BCUT2D eigenvalue weighted by Crippen LogP contribution is 2.35. The van der Waals surface area contributed by atoms with Crippen LogP contribution < -0.4 is 5.32 Å². The minimum absolute atomic E-state index is 0.00521. The van der Waals surface area contributed by atoms with Gasteiger partial charge in [-0.2, -0.15) is 13.2 Å². The molecule has 2 N–H and O–H groups in total. The number of rotatable bonds is 7. The fourth-order valence-electron chi connectivity index (χ4n) is 3.63. The molecule has 0 spiro atoms. The second-order valence-corrected chi connectivity index (χ2v) is 8.02. The normalized spacial score (nSPS) is 17.9. The first-order valence-electron chi connectivity index (χ1n) is 10.9. The summed E-state index contributed by atoms with van der Waals surface area (Å²) in [6, 6.07) is 15.4. The van der Waals surface area contributed by atoms with Crippen LogP contribution in [0.2, 0.25) is 0 Å². The summed E-state index contributed by atoms with van der Waals surface area (Å²) in [6.07, 6.45) is -0.286. The molecular formula is C26H23F3N2O4. The topological polar surface area (TPSA) is 80.7 Å². The average Bonchev–Trinajstić information content (AvgIpc) is 2.88. The van der Waals surface area contributed by atoms with Crippen molar-refractivity contribution in [2.24, 2.45) is 0 Å². The van der Waals surface area contributed by atoms with Crippen molar-refractivity contribution >= 4 is 11.6 Å². The fraction of sp³-hybridized carbons (Fsp3) is 0.231. The van der Waals surface area contributed by atoms with Gasteiger partial charge in [-0.1, -0.05) is 36.4 Å². The summed E-state index contributed by atoms with van der Waals surface area (Å²) in [5, 5.41) is 11.9. The van der Waals surface area contributed by atoms with E-state index in [1.807, 2.05) is 12.1 Å². The van der Waals surface area contributed by atoms with Crippen LogP contribution in [0, 0.1) is 0 Å². The van der Waals surface area contributed by atoms with Crippen LogP contribution in [0.5, 0.6) is 0 Å². The number of aliphatic hydroxyl groups excluding tert-OH is 1. The highest BCUT2D eigenvalue weighted by Gasteiger charge is 2.32. The number of halogens is 3. The highest BCUT2D eigenvalue weighted by atomic mass is 19.4. The molecule has 1 aliphatic rings. The molecule has 9 heteroatoms. The first-order chi connectivity index (χ1) is 16.8. The number of allylic oxidation sites excluding steroid dienone is 1. The van der Waals surface area contributed by atoms with E-state index in [9.17, 15) is 23.1 Å². The van der Waals surface area contributed by atoms with Crippen molar-refractivity contribution in [3.8, 4) is 0 Å². The van der Waals surface area contributed by atoms with Gasteiger partial charge >= 0.3 is 6.18 Å². The molecule has 2 heterocycles. The SMILES string of the molecule is O=C(Nc1cccnc1)C1=C[C@H](c2ccc(C(F)(F)F)cc2)C[C@H](OCc2ccc(CO)cc2)O1. The maximum absolute atomic E-state index is 13.0. The Morgan fingerprint density at radius 1 is 1.09 bits per heavy atom. The standard InChI is InChI=1S/C26H23F3N2O4/c27-26(28,29)21-9-7-19(8-10-21)20-12-23(25(33)31-22-2-1-11-30-14-22)35-24(13-20)34-16-18-5-3-17(15-32)4-6-18/h1-12,14,20,24,32H,13,15-16H2,(H,31,33)/t20-,24+/m0/s1. The molecule has 3 aromatic rings. The number of anilines is 1. The molecule has 1 aliphatic heterocycles. The number of nitrogens with one attached hydrogen (secondary N) is 1. The molecule has 4 rings (SSSR count). The maximum Gasteiger partial charge on any atom is 0.416 e. The number of carbonyl (C=O) groups is 1. The van der Waals surface area contributed by atoms with Crippen LogP contribution in [-0.2, 0) is 33.7 Å². The lowest BCUT2D eigenvalue weighted by molar-refractivity contribution is -0.147. The van der Waals surface area contributed by atoms with Crippen molar-refractivity contribution in [1.82, 2.24) is 4.98 Å². The lowest BCUT2D eigenvalue weighted by atomic mass is 9.92. The van der Waals surface area contributed by atoms with E-state index in [0.717, 1.165) is 23.3 Å². The Balaban J connectivity index is 1.53. The predicted molar refractivity (Wildman–Crippen MR) is 122 cm³/mol. The van der Waals surface area contributed by atoms with Gasteiger partial charge in [-0.05, 0) is 47.0 Å². The molecular weight excluding hydrogens is 461 g/mol. The molecule has 0 saturated carbocycles. The molecule has 0 aliphatic carbocycles. The third-order valence-electron chi connectivity index (χ3n) is 5.51. The van der Waals surface area contributed by atoms with Gasteiger partial charge in [-0.15, -0.1) is 0 Å². The van der Waals surface area contributed by atoms with Crippen LogP contribution in [0.3, 0.4) is 0 Å². The number of hydrogen-bond donors (Lipinski definition) is 2. The lowest BCUT2D eigenvalue weighted by Gasteiger charge is -2.29. The Morgan fingerprint density at radius 2 is 1.80 bits per heavy atom. The number of carbonyl (C=O) groups excluding carboxylic acids is 1. The van der Waals surface area contributed by atoms with E-state index >= 15 is 0 Å². The Labute approximate surface area is 200 Å². The molecule has 6 nitrogen and oxygen atoms in total. The van der Waals surface area contributed by atoms with Crippen molar-refractivity contribution in [2.45, 2.75) is 38.0 Å². The quantitative estimate of drug-likeness (QED) is 0.484. The molecule has 35 heavy (non-hydrogen) atoms.